The van der Waals surface area contributed by atoms with Gasteiger partial charge in [-0.3, -0.25) is 9.47 Å². The first kappa shape index (κ1) is 27.9. The van der Waals surface area contributed by atoms with Crippen molar-refractivity contribution in [2.75, 3.05) is 31.2 Å². The van der Waals surface area contributed by atoms with E-state index in [2.05, 4.69) is 15.9 Å². The van der Waals surface area contributed by atoms with Gasteiger partial charge in [-0.05, 0) is 78.3 Å². The number of nitrogens with zero attached hydrogens (tertiary/aromatic N) is 3. The van der Waals surface area contributed by atoms with Gasteiger partial charge in [0.2, 0.25) is 0 Å². The monoisotopic (exact) mass is 579 g/mol. The highest BCUT2D eigenvalue weighted by Gasteiger charge is 2.41. The van der Waals surface area contributed by atoms with Gasteiger partial charge in [-0.1, -0.05) is 35.3 Å². The molecule has 1 aromatic heterocycles. The number of benzene rings is 2. The van der Waals surface area contributed by atoms with Crippen molar-refractivity contribution in [3.63, 3.8) is 0 Å². The fourth-order valence-corrected chi connectivity index (χ4v) is 5.95. The fourth-order valence-electron chi connectivity index (χ4n) is 5.33. The first-order chi connectivity index (χ1) is 18.6. The van der Waals surface area contributed by atoms with Crippen molar-refractivity contribution in [1.82, 2.24) is 9.58 Å². The second-order valence-corrected chi connectivity index (χ2v) is 11.2. The third-order valence-corrected chi connectivity index (χ3v) is 8.41. The number of amides is 1. The summed E-state index contributed by atoms with van der Waals surface area (Å²) in [5.74, 6) is -1.60. The average Bonchev–Trinajstić information content (AvgIpc) is 3.39. The molecule has 3 aromatic rings. The third-order valence-electron chi connectivity index (χ3n) is 7.74. The van der Waals surface area contributed by atoms with E-state index in [0.717, 1.165) is 48.2 Å². The number of hydrogen-bond donors (Lipinski definition) is 1. The Hall–Kier alpha value is -2.68. The quantitative estimate of drug-likeness (QED) is 0.372. The van der Waals surface area contributed by atoms with E-state index >= 15 is 0 Å². The molecule has 2 aliphatic heterocycles. The van der Waals surface area contributed by atoms with Crippen LogP contribution in [0.3, 0.4) is 0 Å². The Morgan fingerprint density at radius 2 is 1.51 bits per heavy atom. The number of halogens is 5. The van der Waals surface area contributed by atoms with E-state index in [-0.39, 0.29) is 37.9 Å². The third kappa shape index (κ3) is 6.39. The molecular weight excluding hydrogens is 550 g/mol. The van der Waals surface area contributed by atoms with E-state index < -0.39 is 12.1 Å². The van der Waals surface area contributed by atoms with E-state index in [1.54, 1.807) is 24.3 Å². The molecule has 0 spiro atoms. The Bertz CT molecular complexity index is 1290. The molecule has 0 atom stereocenters. The Balaban J connectivity index is 1.24. The summed E-state index contributed by atoms with van der Waals surface area (Å²) < 4.78 is 40.9. The van der Waals surface area contributed by atoms with E-state index in [1.807, 2.05) is 24.4 Å². The summed E-state index contributed by atoms with van der Waals surface area (Å²) in [6, 6.07) is 12.7. The van der Waals surface area contributed by atoms with Gasteiger partial charge in [-0.15, -0.1) is 0 Å². The largest absolute Gasteiger partial charge is 0.393 e. The first-order valence-corrected chi connectivity index (χ1v) is 13.9. The maximum Gasteiger partial charge on any atom is 0.391 e. The zero-order valence-corrected chi connectivity index (χ0v) is 22.8. The number of aromatic nitrogens is 1. The van der Waals surface area contributed by atoms with Crippen LogP contribution < -0.4 is 5.01 Å². The lowest BCUT2D eigenvalue weighted by Crippen LogP contribution is -2.42. The molecule has 0 radical (unpaired) electrons. The van der Waals surface area contributed by atoms with Crippen LogP contribution >= 0.6 is 23.2 Å². The normalized spacial score (nSPS) is 17.6. The Morgan fingerprint density at radius 3 is 2.10 bits per heavy atom. The van der Waals surface area contributed by atoms with Crippen molar-refractivity contribution in [2.45, 2.75) is 44.4 Å². The van der Waals surface area contributed by atoms with Gasteiger partial charge in [0, 0.05) is 60.6 Å². The van der Waals surface area contributed by atoms with Crippen molar-refractivity contribution < 1.29 is 23.1 Å². The minimum absolute atomic E-state index is 0.0657. The maximum atomic E-state index is 12.9. The van der Waals surface area contributed by atoms with Gasteiger partial charge in [0.15, 0.2) is 0 Å². The molecule has 1 N–H and O–H groups in total. The van der Waals surface area contributed by atoms with Crippen LogP contribution in [-0.4, -0.2) is 59.0 Å². The Kier molecular flexibility index (Phi) is 8.17. The number of aliphatic hydroxyl groups excluding tert-OH is 1. The second-order valence-electron chi connectivity index (χ2n) is 10.4. The smallest absolute Gasteiger partial charge is 0.391 e. The molecule has 5 nitrogen and oxygen atoms in total. The van der Waals surface area contributed by atoms with E-state index in [1.165, 1.54) is 4.90 Å². The molecule has 0 aliphatic carbocycles. The number of carbonyl (C=O) groups is 1. The topological polar surface area (TPSA) is 48.7 Å². The van der Waals surface area contributed by atoms with Gasteiger partial charge < -0.3 is 15.0 Å². The predicted molar refractivity (Wildman–Crippen MR) is 147 cm³/mol. The lowest BCUT2D eigenvalue weighted by molar-refractivity contribution is -0.183. The lowest BCUT2D eigenvalue weighted by atomic mass is 9.95. The Labute approximate surface area is 235 Å². The predicted octanol–water partition coefficient (Wildman–Crippen LogP) is 6.56. The fraction of sp³-hybridized carbons (Fsp3) is 0.414. The van der Waals surface area contributed by atoms with Crippen LogP contribution in [0.2, 0.25) is 10.0 Å². The van der Waals surface area contributed by atoms with Crippen molar-refractivity contribution >= 4 is 29.1 Å². The molecule has 2 aromatic carbocycles. The number of likely N-dealkylation sites (tertiary alicyclic amines) is 1. The van der Waals surface area contributed by atoms with Crippen molar-refractivity contribution in [2.24, 2.45) is 5.92 Å². The van der Waals surface area contributed by atoms with Gasteiger partial charge in [-0.25, -0.2) is 0 Å². The summed E-state index contributed by atoms with van der Waals surface area (Å²) in [6.07, 6.45) is 1.56. The van der Waals surface area contributed by atoms with Crippen LogP contribution in [0.4, 0.5) is 13.2 Å². The first-order valence-electron chi connectivity index (χ1n) is 13.1. The molecule has 2 aliphatic rings. The summed E-state index contributed by atoms with van der Waals surface area (Å²) in [5, 5.41) is 13.0. The van der Waals surface area contributed by atoms with Crippen LogP contribution in [0, 0.1) is 5.92 Å². The summed E-state index contributed by atoms with van der Waals surface area (Å²) >= 11 is 13.3. The standard InChI is InChI=1S/C29H30Cl2F3N3O2/c30-26-16-22(17-27(31)25(26)15-19-5-12-37(18-19)36-13-8-24(38)9-14-36)20-1-3-21(4-2-20)28(39)35-10-6-23(7-11-35)29(32,33)34/h1-5,12,16-18,23-24,38H,6-11,13-15H2. The zero-order chi connectivity index (χ0) is 27.7. The number of carbonyl (C=O) groups excluding carboxylic acids is 1. The summed E-state index contributed by atoms with van der Waals surface area (Å²) in [7, 11) is 0. The molecule has 2 fully saturated rings. The van der Waals surface area contributed by atoms with Crippen molar-refractivity contribution in [1.29, 1.82) is 0 Å². The summed E-state index contributed by atoms with van der Waals surface area (Å²) in [6.45, 7) is 1.79. The average molecular weight is 580 g/mol. The number of rotatable bonds is 5. The van der Waals surface area contributed by atoms with E-state index in [9.17, 15) is 23.1 Å². The molecule has 3 heterocycles. The molecule has 208 valence electrons. The Morgan fingerprint density at radius 1 is 0.897 bits per heavy atom. The zero-order valence-electron chi connectivity index (χ0n) is 21.3. The SMILES string of the molecule is O=C(c1ccc(-c2cc(Cl)c(Cc3ccn(N4CCC(O)CC4)c3)c(Cl)c2)cc1)N1CCC(C(F)(F)F)CC1. The minimum atomic E-state index is -4.21. The van der Waals surface area contributed by atoms with Gasteiger partial charge >= 0.3 is 6.18 Å². The molecule has 1 amide bonds. The summed E-state index contributed by atoms with van der Waals surface area (Å²) in [4.78, 5) is 14.3. The number of aliphatic hydroxyl groups is 1. The van der Waals surface area contributed by atoms with Crippen LogP contribution in [-0.2, 0) is 6.42 Å². The van der Waals surface area contributed by atoms with E-state index in [4.69, 9.17) is 23.2 Å². The highest BCUT2D eigenvalue weighted by molar-refractivity contribution is 6.36. The molecule has 0 unspecified atom stereocenters. The molecule has 2 saturated heterocycles. The molecule has 39 heavy (non-hydrogen) atoms. The number of hydrogen-bond acceptors (Lipinski definition) is 3. The van der Waals surface area contributed by atoms with Crippen LogP contribution in [0.1, 0.15) is 47.2 Å². The van der Waals surface area contributed by atoms with Crippen molar-refractivity contribution in [3.05, 3.63) is 81.6 Å². The van der Waals surface area contributed by atoms with Crippen LogP contribution in [0.25, 0.3) is 11.1 Å². The van der Waals surface area contributed by atoms with Crippen LogP contribution in [0.15, 0.2) is 54.9 Å². The minimum Gasteiger partial charge on any atom is -0.393 e. The van der Waals surface area contributed by atoms with Gasteiger partial charge in [0.05, 0.1) is 12.0 Å². The number of piperidine rings is 2. The molecule has 5 rings (SSSR count). The second kappa shape index (κ2) is 11.4. The van der Waals surface area contributed by atoms with E-state index in [0.29, 0.717) is 22.0 Å². The maximum absolute atomic E-state index is 12.9. The van der Waals surface area contributed by atoms with Gasteiger partial charge in [0.25, 0.3) is 5.91 Å². The highest BCUT2D eigenvalue weighted by Crippen LogP contribution is 2.35. The molecule has 0 bridgehead atoms. The molecular formula is C29H30Cl2F3N3O2. The highest BCUT2D eigenvalue weighted by atomic mass is 35.5. The van der Waals surface area contributed by atoms with Crippen LogP contribution in [0.5, 0.6) is 0 Å². The lowest BCUT2D eigenvalue weighted by Gasteiger charge is -2.33. The van der Waals surface area contributed by atoms with Gasteiger partial charge in [0.1, 0.15) is 0 Å². The van der Waals surface area contributed by atoms with Gasteiger partial charge in [-0.2, -0.15) is 13.2 Å². The molecule has 0 saturated carbocycles. The summed E-state index contributed by atoms with van der Waals surface area (Å²) in [5.41, 5.74) is 3.97. The molecule has 10 heteroatoms. The van der Waals surface area contributed by atoms with Crippen molar-refractivity contribution in [3.8, 4) is 11.1 Å². The number of alkyl halides is 3.